The van der Waals surface area contributed by atoms with E-state index in [1.165, 1.54) is 0 Å². The van der Waals surface area contributed by atoms with Crippen LogP contribution in [0.15, 0.2) is 183 Å². The van der Waals surface area contributed by atoms with Crippen LogP contribution in [0.1, 0.15) is 22.9 Å². The third kappa shape index (κ3) is 4.71. The summed E-state index contributed by atoms with van der Waals surface area (Å²) in [6.07, 6.45) is -0.425. The quantitative estimate of drug-likeness (QED) is 0.203. The Bertz CT molecular complexity index is 2790. The predicted molar refractivity (Wildman–Crippen MR) is 204 cm³/mol. The lowest BCUT2D eigenvalue weighted by Crippen LogP contribution is -2.33. The fraction of sp³-hybridized carbons (Fsp3) is 0.0222. The van der Waals surface area contributed by atoms with Gasteiger partial charge in [0.2, 0.25) is 0 Å². The number of nitrogens with one attached hydrogen (secondary N) is 1. The molecule has 3 heterocycles. The van der Waals surface area contributed by atoms with Crippen molar-refractivity contribution < 1.29 is 8.83 Å². The van der Waals surface area contributed by atoms with Gasteiger partial charge >= 0.3 is 0 Å². The smallest absolute Gasteiger partial charge is 0.159 e. The average molecular weight is 644 g/mol. The first kappa shape index (κ1) is 28.3. The monoisotopic (exact) mass is 643 g/mol. The van der Waals surface area contributed by atoms with Crippen molar-refractivity contribution in [3.63, 3.8) is 0 Å². The van der Waals surface area contributed by atoms with Crippen molar-refractivity contribution in [3.8, 4) is 22.3 Å². The number of benzene rings is 7. The van der Waals surface area contributed by atoms with E-state index in [9.17, 15) is 0 Å². The van der Waals surface area contributed by atoms with Crippen molar-refractivity contribution >= 4 is 55.5 Å². The molecule has 1 aliphatic heterocycles. The van der Waals surface area contributed by atoms with Crippen molar-refractivity contribution in [1.29, 1.82) is 0 Å². The molecular weight excluding hydrogens is 615 g/mol. The number of hydrogen-bond donors (Lipinski definition) is 1. The first-order valence-electron chi connectivity index (χ1n) is 16.8. The van der Waals surface area contributed by atoms with Gasteiger partial charge in [0.25, 0.3) is 0 Å². The van der Waals surface area contributed by atoms with Crippen LogP contribution in [0.25, 0.3) is 66.1 Å². The molecule has 1 atom stereocenters. The second-order valence-electron chi connectivity index (χ2n) is 12.6. The molecule has 0 spiro atoms. The van der Waals surface area contributed by atoms with Crippen LogP contribution in [0.2, 0.25) is 0 Å². The minimum Gasteiger partial charge on any atom is -0.456 e. The molecule has 5 nitrogen and oxygen atoms in total. The largest absolute Gasteiger partial charge is 0.456 e. The Labute approximate surface area is 287 Å². The van der Waals surface area contributed by atoms with Gasteiger partial charge in [0, 0.05) is 43.8 Å². The van der Waals surface area contributed by atoms with Gasteiger partial charge in [0.1, 0.15) is 28.2 Å². The number of hydrogen-bond acceptors (Lipinski definition) is 5. The standard InChI is InChI=1S/C45H29N3O2/c1-3-12-28(13-4-1)30-16-9-17-32(26-30)44-46-43(29-14-5-2-6-15-29)47-45(48-44)38-22-11-21-37-35-25-24-31(27-40(35)50-42(37)38)33-19-10-20-36-34-18-7-8-23-39(34)49-41(33)36/h1-27,45H,(H,46,47,48). The van der Waals surface area contributed by atoms with Gasteiger partial charge in [-0.05, 0) is 41.0 Å². The number of para-hydroxylation sites is 3. The number of rotatable bonds is 5. The maximum atomic E-state index is 6.75. The Hall–Kier alpha value is -6.72. The second-order valence-corrected chi connectivity index (χ2v) is 12.6. The minimum atomic E-state index is -0.425. The van der Waals surface area contributed by atoms with Crippen molar-refractivity contribution in [2.24, 2.45) is 9.98 Å². The molecule has 5 heteroatoms. The summed E-state index contributed by atoms with van der Waals surface area (Å²) < 4.78 is 13.1. The van der Waals surface area contributed by atoms with E-state index in [4.69, 9.17) is 18.8 Å². The van der Waals surface area contributed by atoms with Gasteiger partial charge in [0.05, 0.1) is 0 Å². The highest BCUT2D eigenvalue weighted by atomic mass is 16.3. The Kier molecular flexibility index (Phi) is 6.49. The molecule has 9 aromatic rings. The normalized spacial score (nSPS) is 14.6. The molecule has 0 saturated carbocycles. The SMILES string of the molecule is c1ccc(C2=NC(c3cccc4c3oc3cc(-c5cccc6c5oc5ccccc56)ccc34)NC(c3cccc(-c4ccccc4)c3)=N2)cc1. The van der Waals surface area contributed by atoms with Gasteiger partial charge in [-0.25, -0.2) is 9.98 Å². The van der Waals surface area contributed by atoms with Crippen LogP contribution in [-0.4, -0.2) is 11.7 Å². The number of furan rings is 2. The third-order valence-corrected chi connectivity index (χ3v) is 9.56. The van der Waals surface area contributed by atoms with Crippen LogP contribution in [0.4, 0.5) is 0 Å². The maximum absolute atomic E-state index is 6.75. The molecular formula is C45H29N3O2. The van der Waals surface area contributed by atoms with Crippen molar-refractivity contribution in [2.75, 3.05) is 0 Å². The maximum Gasteiger partial charge on any atom is 0.159 e. The number of nitrogens with zero attached hydrogens (tertiary/aromatic N) is 2. The van der Waals surface area contributed by atoms with Gasteiger partial charge in [-0.15, -0.1) is 0 Å². The van der Waals surface area contributed by atoms with Gasteiger partial charge < -0.3 is 14.2 Å². The fourth-order valence-corrected chi connectivity index (χ4v) is 7.13. The van der Waals surface area contributed by atoms with Gasteiger partial charge in [0.15, 0.2) is 12.0 Å². The lowest BCUT2D eigenvalue weighted by atomic mass is 10.0. The summed E-state index contributed by atoms with van der Waals surface area (Å²) in [5.74, 6) is 1.43. The molecule has 10 rings (SSSR count). The molecule has 0 radical (unpaired) electrons. The summed E-state index contributed by atoms with van der Waals surface area (Å²) in [5.41, 5.74) is 10.6. The van der Waals surface area contributed by atoms with Crippen LogP contribution in [0.3, 0.4) is 0 Å². The highest BCUT2D eigenvalue weighted by Gasteiger charge is 2.25. The van der Waals surface area contributed by atoms with Crippen molar-refractivity contribution in [1.82, 2.24) is 5.32 Å². The highest BCUT2D eigenvalue weighted by molar-refractivity contribution is 6.14. The van der Waals surface area contributed by atoms with Crippen LogP contribution < -0.4 is 5.32 Å². The van der Waals surface area contributed by atoms with Crippen LogP contribution >= 0.6 is 0 Å². The van der Waals surface area contributed by atoms with E-state index in [1.54, 1.807) is 0 Å². The number of fused-ring (bicyclic) bond motifs is 6. The molecule has 2 aromatic heterocycles. The number of amidine groups is 2. The summed E-state index contributed by atoms with van der Waals surface area (Å²) in [6, 6.07) is 56.2. The average Bonchev–Trinajstić information content (AvgIpc) is 3.77. The Morgan fingerprint density at radius 1 is 0.440 bits per heavy atom. The molecule has 0 saturated heterocycles. The van der Waals surface area contributed by atoms with Crippen molar-refractivity contribution in [2.45, 2.75) is 6.17 Å². The first-order valence-corrected chi connectivity index (χ1v) is 16.8. The summed E-state index contributed by atoms with van der Waals surface area (Å²) in [4.78, 5) is 10.2. The highest BCUT2D eigenvalue weighted by Crippen LogP contribution is 2.40. The van der Waals surface area contributed by atoms with E-state index in [0.717, 1.165) is 88.7 Å². The minimum absolute atomic E-state index is 0.425. The molecule has 0 bridgehead atoms. The molecule has 236 valence electrons. The molecule has 50 heavy (non-hydrogen) atoms. The van der Waals surface area contributed by atoms with E-state index in [2.05, 4.69) is 127 Å². The van der Waals surface area contributed by atoms with E-state index < -0.39 is 6.17 Å². The molecule has 1 aliphatic rings. The summed E-state index contributed by atoms with van der Waals surface area (Å²) in [6.45, 7) is 0. The fourth-order valence-electron chi connectivity index (χ4n) is 7.13. The third-order valence-electron chi connectivity index (χ3n) is 9.56. The molecule has 0 amide bonds. The van der Waals surface area contributed by atoms with E-state index in [0.29, 0.717) is 5.84 Å². The summed E-state index contributed by atoms with van der Waals surface area (Å²) in [5, 5.41) is 7.97. The number of aliphatic imine (C=N–C) groups is 2. The van der Waals surface area contributed by atoms with Crippen LogP contribution in [-0.2, 0) is 0 Å². The molecule has 1 N–H and O–H groups in total. The Morgan fingerprint density at radius 3 is 1.94 bits per heavy atom. The Balaban J connectivity index is 1.09. The zero-order valence-electron chi connectivity index (χ0n) is 26.9. The van der Waals surface area contributed by atoms with Gasteiger partial charge in [-0.1, -0.05) is 140 Å². The van der Waals surface area contributed by atoms with Gasteiger partial charge in [-0.2, -0.15) is 0 Å². The molecule has 1 unspecified atom stereocenters. The molecule has 0 fully saturated rings. The van der Waals surface area contributed by atoms with E-state index in [1.807, 2.05) is 42.5 Å². The van der Waals surface area contributed by atoms with E-state index in [-0.39, 0.29) is 0 Å². The van der Waals surface area contributed by atoms with Crippen LogP contribution in [0.5, 0.6) is 0 Å². The zero-order chi connectivity index (χ0) is 33.0. The summed E-state index contributed by atoms with van der Waals surface area (Å²) in [7, 11) is 0. The van der Waals surface area contributed by atoms with Crippen molar-refractivity contribution in [3.05, 3.63) is 180 Å². The Morgan fingerprint density at radius 2 is 1.08 bits per heavy atom. The predicted octanol–water partition coefficient (Wildman–Crippen LogP) is 11.3. The van der Waals surface area contributed by atoms with Gasteiger partial charge in [-0.3, -0.25) is 0 Å². The zero-order valence-corrected chi connectivity index (χ0v) is 26.9. The molecule has 0 aliphatic carbocycles. The molecule has 7 aromatic carbocycles. The second kappa shape index (κ2) is 11.5. The summed E-state index contributed by atoms with van der Waals surface area (Å²) >= 11 is 0. The van der Waals surface area contributed by atoms with E-state index >= 15 is 0 Å². The topological polar surface area (TPSA) is 63.0 Å². The lowest BCUT2D eigenvalue weighted by molar-refractivity contribution is 0.628. The first-order chi connectivity index (χ1) is 24.8. The lowest BCUT2D eigenvalue weighted by Gasteiger charge is -2.24. The van der Waals surface area contributed by atoms with Crippen LogP contribution in [0, 0.1) is 0 Å².